The smallest absolute Gasteiger partial charge is 0.381 e. The zero-order valence-electron chi connectivity index (χ0n) is 10.6. The van der Waals surface area contributed by atoms with E-state index in [0.29, 0.717) is 10.0 Å². The maximum atomic E-state index is 10.5. The number of aliphatic hydroxyl groups is 1. The lowest BCUT2D eigenvalue weighted by Crippen LogP contribution is -2.23. The first kappa shape index (κ1) is 15.6. The van der Waals surface area contributed by atoms with Crippen LogP contribution in [0.1, 0.15) is 0 Å². The standard InChI is InChI=1S/C12H11Cl2N3O4/c13-9-2-1-3-10(14)12(9)21-6-8(18)4-16-5-11(15-7-16)17(19)20/h1-3,5,7-8,18H,4,6H2/t8-/m1/s1. The lowest BCUT2D eigenvalue weighted by atomic mass is 10.3. The van der Waals surface area contributed by atoms with E-state index in [1.165, 1.54) is 17.1 Å². The van der Waals surface area contributed by atoms with E-state index in [0.717, 1.165) is 0 Å². The number of nitrogens with zero attached hydrogens (tertiary/aromatic N) is 3. The third-order valence-electron chi connectivity index (χ3n) is 2.57. The largest absolute Gasteiger partial charge is 0.488 e. The zero-order chi connectivity index (χ0) is 15.4. The van der Waals surface area contributed by atoms with Crippen LogP contribution in [0.25, 0.3) is 0 Å². The molecule has 0 aliphatic carbocycles. The maximum absolute atomic E-state index is 10.5. The predicted molar refractivity (Wildman–Crippen MR) is 76.8 cm³/mol. The Morgan fingerprint density at radius 1 is 1.43 bits per heavy atom. The van der Waals surface area contributed by atoms with Crippen molar-refractivity contribution < 1.29 is 14.8 Å². The summed E-state index contributed by atoms with van der Waals surface area (Å²) in [7, 11) is 0. The molecule has 1 aromatic carbocycles. The molecule has 0 fully saturated rings. The minimum atomic E-state index is -0.897. The van der Waals surface area contributed by atoms with Gasteiger partial charge in [0.15, 0.2) is 5.75 Å². The van der Waals surface area contributed by atoms with Gasteiger partial charge >= 0.3 is 5.82 Å². The summed E-state index contributed by atoms with van der Waals surface area (Å²) in [6.07, 6.45) is 1.60. The second kappa shape index (κ2) is 6.75. The first-order chi connectivity index (χ1) is 9.97. The number of para-hydroxylation sites is 1. The van der Waals surface area contributed by atoms with Gasteiger partial charge in [0, 0.05) is 0 Å². The molecule has 0 aliphatic heterocycles. The van der Waals surface area contributed by atoms with E-state index in [2.05, 4.69) is 4.98 Å². The summed E-state index contributed by atoms with van der Waals surface area (Å²) in [5, 5.41) is 21.0. The van der Waals surface area contributed by atoms with Gasteiger partial charge in [-0.2, -0.15) is 0 Å². The number of hydrogen-bond acceptors (Lipinski definition) is 5. The molecule has 2 aromatic rings. The molecule has 21 heavy (non-hydrogen) atoms. The van der Waals surface area contributed by atoms with E-state index < -0.39 is 11.0 Å². The number of rotatable bonds is 6. The summed E-state index contributed by atoms with van der Waals surface area (Å²) in [5.74, 6) is 0.00811. The third-order valence-corrected chi connectivity index (χ3v) is 3.16. The highest BCUT2D eigenvalue weighted by Crippen LogP contribution is 2.32. The van der Waals surface area contributed by atoms with Gasteiger partial charge < -0.3 is 24.5 Å². The molecule has 0 unspecified atom stereocenters. The SMILES string of the molecule is O=[N+]([O-])c1cn(C[C@@H](O)COc2c(Cl)cccc2Cl)cn1. The average Bonchev–Trinajstić information content (AvgIpc) is 2.87. The van der Waals surface area contributed by atoms with Crippen LogP contribution in [0.5, 0.6) is 5.75 Å². The summed E-state index contributed by atoms with van der Waals surface area (Å²) in [5.41, 5.74) is 0. The number of halogens is 2. The number of hydrogen-bond donors (Lipinski definition) is 1. The maximum Gasteiger partial charge on any atom is 0.381 e. The fourth-order valence-corrected chi connectivity index (χ4v) is 2.14. The van der Waals surface area contributed by atoms with Gasteiger partial charge in [0.25, 0.3) is 0 Å². The van der Waals surface area contributed by atoms with E-state index in [1.54, 1.807) is 18.2 Å². The number of aromatic nitrogens is 2. The van der Waals surface area contributed by atoms with Crippen LogP contribution in [-0.2, 0) is 6.54 Å². The Hall–Kier alpha value is -1.83. The molecule has 1 heterocycles. The van der Waals surface area contributed by atoms with Crippen LogP contribution in [0.15, 0.2) is 30.7 Å². The van der Waals surface area contributed by atoms with E-state index in [4.69, 9.17) is 27.9 Å². The minimum absolute atomic E-state index is 0.0601. The van der Waals surface area contributed by atoms with Crippen LogP contribution in [0, 0.1) is 10.1 Å². The fraction of sp³-hybridized carbons (Fsp3) is 0.250. The molecule has 0 saturated carbocycles. The monoisotopic (exact) mass is 331 g/mol. The highest BCUT2D eigenvalue weighted by Gasteiger charge is 2.14. The van der Waals surface area contributed by atoms with Crippen molar-refractivity contribution in [1.82, 2.24) is 9.55 Å². The molecule has 0 aliphatic rings. The normalized spacial score (nSPS) is 12.1. The van der Waals surface area contributed by atoms with E-state index in [-0.39, 0.29) is 24.7 Å². The van der Waals surface area contributed by atoms with Crippen LogP contribution in [0.3, 0.4) is 0 Å². The number of ether oxygens (including phenoxy) is 1. The summed E-state index contributed by atoms with van der Waals surface area (Å²) < 4.78 is 6.78. The summed E-state index contributed by atoms with van der Waals surface area (Å²) in [6.45, 7) is 0.0400. The Labute approximate surface area is 129 Å². The lowest BCUT2D eigenvalue weighted by molar-refractivity contribution is -0.389. The molecule has 0 amide bonds. The van der Waals surface area contributed by atoms with Crippen molar-refractivity contribution in [2.24, 2.45) is 0 Å². The van der Waals surface area contributed by atoms with Gasteiger partial charge in [-0.25, -0.2) is 0 Å². The molecule has 0 saturated heterocycles. The molecule has 1 aromatic heterocycles. The van der Waals surface area contributed by atoms with Crippen molar-refractivity contribution in [3.05, 3.63) is 50.9 Å². The first-order valence-electron chi connectivity index (χ1n) is 5.88. The summed E-state index contributed by atoms with van der Waals surface area (Å²) >= 11 is 11.9. The number of aliphatic hydroxyl groups excluding tert-OH is 1. The molecule has 0 radical (unpaired) electrons. The Morgan fingerprint density at radius 3 is 2.67 bits per heavy atom. The Bertz CT molecular complexity index is 627. The Morgan fingerprint density at radius 2 is 2.10 bits per heavy atom. The highest BCUT2D eigenvalue weighted by molar-refractivity contribution is 6.37. The van der Waals surface area contributed by atoms with Gasteiger partial charge in [0.1, 0.15) is 18.9 Å². The summed E-state index contributed by atoms with van der Waals surface area (Å²) in [4.78, 5) is 13.5. The topological polar surface area (TPSA) is 90.4 Å². The fourth-order valence-electron chi connectivity index (χ4n) is 1.64. The molecule has 1 N–H and O–H groups in total. The van der Waals surface area contributed by atoms with Crippen molar-refractivity contribution in [3.8, 4) is 5.75 Å². The van der Waals surface area contributed by atoms with E-state index >= 15 is 0 Å². The molecule has 0 bridgehead atoms. The third kappa shape index (κ3) is 4.07. The molecule has 1 atom stereocenters. The van der Waals surface area contributed by atoms with Gasteiger partial charge in [0.2, 0.25) is 6.33 Å². The van der Waals surface area contributed by atoms with Crippen LogP contribution < -0.4 is 4.74 Å². The summed E-state index contributed by atoms with van der Waals surface area (Å²) in [6, 6.07) is 4.92. The number of nitro groups is 1. The quantitative estimate of drug-likeness (QED) is 0.648. The van der Waals surface area contributed by atoms with Crippen molar-refractivity contribution in [3.63, 3.8) is 0 Å². The molecule has 112 valence electrons. The van der Waals surface area contributed by atoms with Gasteiger partial charge in [-0.3, -0.25) is 0 Å². The second-order valence-corrected chi connectivity index (χ2v) is 5.02. The molecule has 7 nitrogen and oxygen atoms in total. The first-order valence-corrected chi connectivity index (χ1v) is 6.64. The highest BCUT2D eigenvalue weighted by atomic mass is 35.5. The van der Waals surface area contributed by atoms with Crippen LogP contribution in [-0.4, -0.2) is 32.3 Å². The van der Waals surface area contributed by atoms with Gasteiger partial charge in [-0.15, -0.1) is 0 Å². The van der Waals surface area contributed by atoms with E-state index in [1.807, 2.05) is 0 Å². The van der Waals surface area contributed by atoms with Crippen LogP contribution in [0.2, 0.25) is 10.0 Å². The average molecular weight is 332 g/mol. The second-order valence-electron chi connectivity index (χ2n) is 4.20. The zero-order valence-corrected chi connectivity index (χ0v) is 12.2. The minimum Gasteiger partial charge on any atom is -0.488 e. The molecule has 9 heteroatoms. The van der Waals surface area contributed by atoms with Crippen molar-refractivity contribution >= 4 is 29.0 Å². The Kier molecular flexibility index (Phi) is 5.00. The lowest BCUT2D eigenvalue weighted by Gasteiger charge is -2.14. The van der Waals surface area contributed by atoms with Gasteiger partial charge in [-0.05, 0) is 22.0 Å². The Balaban J connectivity index is 1.92. The van der Waals surface area contributed by atoms with Crippen LogP contribution >= 0.6 is 23.2 Å². The van der Waals surface area contributed by atoms with Gasteiger partial charge in [-0.1, -0.05) is 29.3 Å². The molecular weight excluding hydrogens is 321 g/mol. The van der Waals surface area contributed by atoms with Crippen LogP contribution in [0.4, 0.5) is 5.82 Å². The van der Waals surface area contributed by atoms with Crippen molar-refractivity contribution in [1.29, 1.82) is 0 Å². The number of benzene rings is 1. The van der Waals surface area contributed by atoms with E-state index in [9.17, 15) is 15.2 Å². The number of imidazole rings is 1. The predicted octanol–water partition coefficient (Wildman–Crippen LogP) is 2.54. The van der Waals surface area contributed by atoms with Crippen molar-refractivity contribution in [2.75, 3.05) is 6.61 Å². The van der Waals surface area contributed by atoms with Crippen molar-refractivity contribution in [2.45, 2.75) is 12.6 Å². The molecule has 0 spiro atoms. The molecular formula is C12H11Cl2N3O4. The van der Waals surface area contributed by atoms with Gasteiger partial charge in [0.05, 0.1) is 16.6 Å². The molecule has 2 rings (SSSR count).